The molecule has 3 rings (SSSR count). The first-order valence-electron chi connectivity index (χ1n) is 7.78. The second kappa shape index (κ2) is 9.15. The van der Waals surface area contributed by atoms with Gasteiger partial charge in [0.2, 0.25) is 0 Å². The molecular weight excluding hydrogens is 453 g/mol. The Bertz CT molecular complexity index is 755. The summed E-state index contributed by atoms with van der Waals surface area (Å²) >= 11 is 6.22. The minimum atomic E-state index is 0. The van der Waals surface area contributed by atoms with Crippen molar-refractivity contribution in [2.24, 2.45) is 10.7 Å². The van der Waals surface area contributed by atoms with Crippen LogP contribution >= 0.6 is 35.6 Å². The quantitative estimate of drug-likeness (QED) is 0.402. The summed E-state index contributed by atoms with van der Waals surface area (Å²) in [6, 6.07) is 13.6. The molecule has 5 nitrogen and oxygen atoms in total. The third kappa shape index (κ3) is 4.70. The molecule has 1 heterocycles. The van der Waals surface area contributed by atoms with E-state index in [1.165, 1.54) is 0 Å². The summed E-state index contributed by atoms with van der Waals surface area (Å²) in [5.74, 6) is 1.97. The molecule has 25 heavy (non-hydrogen) atoms. The molecule has 0 bridgehead atoms. The third-order valence-electron chi connectivity index (χ3n) is 3.98. The van der Waals surface area contributed by atoms with Crippen LogP contribution in [0, 0.1) is 0 Å². The van der Waals surface area contributed by atoms with Crippen molar-refractivity contribution in [1.29, 1.82) is 0 Å². The molecule has 3 N–H and O–H groups in total. The second-order valence-electron chi connectivity index (χ2n) is 5.49. The van der Waals surface area contributed by atoms with Gasteiger partial charge in [0.25, 0.3) is 0 Å². The molecule has 2 aromatic rings. The van der Waals surface area contributed by atoms with E-state index in [1.54, 1.807) is 7.11 Å². The van der Waals surface area contributed by atoms with E-state index < -0.39 is 0 Å². The van der Waals surface area contributed by atoms with Gasteiger partial charge in [-0.3, -0.25) is 0 Å². The number of nitrogens with two attached hydrogens (primary N) is 1. The number of ether oxygens (including phenoxy) is 2. The molecule has 134 valence electrons. The van der Waals surface area contributed by atoms with Gasteiger partial charge >= 0.3 is 0 Å². The number of hydrogen-bond donors (Lipinski definition) is 2. The predicted octanol–water partition coefficient (Wildman–Crippen LogP) is 3.89. The van der Waals surface area contributed by atoms with E-state index in [-0.39, 0.29) is 30.0 Å². The Labute approximate surface area is 169 Å². The summed E-state index contributed by atoms with van der Waals surface area (Å²) in [7, 11) is 1.61. The number of nitrogens with zero attached hydrogens (tertiary/aromatic N) is 1. The lowest BCUT2D eigenvalue weighted by Gasteiger charge is -2.27. The Kier molecular flexibility index (Phi) is 7.19. The summed E-state index contributed by atoms with van der Waals surface area (Å²) < 4.78 is 11.0. The van der Waals surface area contributed by atoms with Crippen molar-refractivity contribution in [3.63, 3.8) is 0 Å². The Morgan fingerprint density at radius 2 is 2.12 bits per heavy atom. The van der Waals surface area contributed by atoms with Crippen molar-refractivity contribution >= 4 is 41.5 Å². The highest BCUT2D eigenvalue weighted by molar-refractivity contribution is 14.0. The highest BCUT2D eigenvalue weighted by atomic mass is 127. The molecular formula is C18H21ClIN3O2. The zero-order chi connectivity index (χ0) is 16.9. The number of aliphatic imine (C=N–C) groups is 1. The molecule has 0 spiro atoms. The molecule has 0 saturated heterocycles. The van der Waals surface area contributed by atoms with Crippen LogP contribution in [-0.4, -0.2) is 19.7 Å². The lowest BCUT2D eigenvalue weighted by molar-refractivity contribution is 0.262. The van der Waals surface area contributed by atoms with E-state index in [4.69, 9.17) is 26.8 Å². The number of nitrogens with one attached hydrogen (secondary N) is 1. The van der Waals surface area contributed by atoms with E-state index in [9.17, 15) is 0 Å². The Balaban J connectivity index is 0.00000225. The molecule has 0 radical (unpaired) electrons. The summed E-state index contributed by atoms with van der Waals surface area (Å²) in [5.41, 5.74) is 7.98. The Morgan fingerprint density at radius 1 is 1.32 bits per heavy atom. The van der Waals surface area contributed by atoms with Gasteiger partial charge in [-0.05, 0) is 18.2 Å². The summed E-state index contributed by atoms with van der Waals surface area (Å²) in [4.78, 5) is 4.41. The predicted molar refractivity (Wildman–Crippen MR) is 111 cm³/mol. The van der Waals surface area contributed by atoms with Crippen LogP contribution in [0.1, 0.15) is 23.6 Å². The normalized spacial score (nSPS) is 16.2. The highest BCUT2D eigenvalue weighted by Crippen LogP contribution is 2.31. The average Bonchev–Trinajstić information content (AvgIpc) is 2.61. The number of rotatable bonds is 4. The van der Waals surface area contributed by atoms with Gasteiger partial charge in [-0.2, -0.15) is 0 Å². The first-order chi connectivity index (χ1) is 11.7. The van der Waals surface area contributed by atoms with Crippen molar-refractivity contribution < 1.29 is 9.47 Å². The van der Waals surface area contributed by atoms with E-state index in [1.807, 2.05) is 42.5 Å². The van der Waals surface area contributed by atoms with Crippen LogP contribution in [0.4, 0.5) is 0 Å². The topological polar surface area (TPSA) is 68.9 Å². The van der Waals surface area contributed by atoms with E-state index in [0.29, 0.717) is 29.9 Å². The zero-order valence-electron chi connectivity index (χ0n) is 13.9. The SMILES string of the molecule is COc1cccc(Cl)c1CN=C(N)NC1CCOc2ccccc21.I. The number of hydrogen-bond acceptors (Lipinski definition) is 3. The molecule has 0 saturated carbocycles. The van der Waals surface area contributed by atoms with E-state index in [0.717, 1.165) is 23.3 Å². The smallest absolute Gasteiger partial charge is 0.189 e. The standard InChI is InChI=1S/C18H20ClN3O2.HI/c1-23-16-8-4-6-14(19)13(16)11-21-18(20)22-15-9-10-24-17-7-3-2-5-12(15)17;/h2-8,15H,9-11H2,1H3,(H3,20,21,22);1H. The number of guanidine groups is 1. The molecule has 1 atom stereocenters. The van der Waals surface area contributed by atoms with Gasteiger partial charge in [0.15, 0.2) is 5.96 Å². The highest BCUT2D eigenvalue weighted by Gasteiger charge is 2.21. The largest absolute Gasteiger partial charge is 0.496 e. The van der Waals surface area contributed by atoms with Crippen LogP contribution in [0.5, 0.6) is 11.5 Å². The van der Waals surface area contributed by atoms with Crippen LogP contribution in [0.25, 0.3) is 0 Å². The number of halogens is 2. The van der Waals surface area contributed by atoms with Crippen molar-refractivity contribution in [3.05, 3.63) is 58.6 Å². The number of benzene rings is 2. The molecule has 2 aromatic carbocycles. The maximum absolute atomic E-state index is 6.22. The van der Waals surface area contributed by atoms with Crippen LogP contribution < -0.4 is 20.5 Å². The second-order valence-corrected chi connectivity index (χ2v) is 5.90. The Hall–Kier alpha value is -1.67. The minimum absolute atomic E-state index is 0. The fraction of sp³-hybridized carbons (Fsp3) is 0.278. The van der Waals surface area contributed by atoms with Crippen molar-refractivity contribution in [2.45, 2.75) is 19.0 Å². The van der Waals surface area contributed by atoms with Gasteiger partial charge in [0.05, 0.1) is 26.3 Å². The van der Waals surface area contributed by atoms with E-state index >= 15 is 0 Å². The first-order valence-corrected chi connectivity index (χ1v) is 8.16. The Morgan fingerprint density at radius 3 is 2.92 bits per heavy atom. The third-order valence-corrected chi connectivity index (χ3v) is 4.34. The summed E-state index contributed by atoms with van der Waals surface area (Å²) in [6.07, 6.45) is 0.836. The fourth-order valence-corrected chi connectivity index (χ4v) is 2.99. The lowest BCUT2D eigenvalue weighted by atomic mass is 10.0. The molecule has 0 amide bonds. The molecule has 1 aliphatic rings. The molecule has 0 fully saturated rings. The molecule has 7 heteroatoms. The molecule has 0 aromatic heterocycles. The van der Waals surface area contributed by atoms with Gasteiger partial charge in [-0.15, -0.1) is 24.0 Å². The summed E-state index contributed by atoms with van der Waals surface area (Å²) in [6.45, 7) is 1.01. The maximum Gasteiger partial charge on any atom is 0.189 e. The fourth-order valence-electron chi connectivity index (χ4n) is 2.76. The van der Waals surface area contributed by atoms with Crippen LogP contribution in [0.15, 0.2) is 47.5 Å². The van der Waals surface area contributed by atoms with Crippen LogP contribution in [0.2, 0.25) is 5.02 Å². The van der Waals surface area contributed by atoms with Gasteiger partial charge in [-0.1, -0.05) is 35.9 Å². The minimum Gasteiger partial charge on any atom is -0.496 e. The van der Waals surface area contributed by atoms with Gasteiger partial charge in [0, 0.05) is 22.6 Å². The number of para-hydroxylation sites is 1. The maximum atomic E-state index is 6.22. The monoisotopic (exact) mass is 473 g/mol. The first kappa shape index (κ1) is 19.7. The molecule has 0 aliphatic carbocycles. The van der Waals surface area contributed by atoms with Gasteiger partial charge < -0.3 is 20.5 Å². The lowest BCUT2D eigenvalue weighted by Crippen LogP contribution is -2.37. The van der Waals surface area contributed by atoms with Crippen molar-refractivity contribution in [1.82, 2.24) is 5.32 Å². The molecule has 1 unspecified atom stereocenters. The van der Waals surface area contributed by atoms with Crippen LogP contribution in [0.3, 0.4) is 0 Å². The number of methoxy groups -OCH3 is 1. The molecule has 1 aliphatic heterocycles. The van der Waals surface area contributed by atoms with Crippen molar-refractivity contribution in [3.8, 4) is 11.5 Å². The van der Waals surface area contributed by atoms with Crippen molar-refractivity contribution in [2.75, 3.05) is 13.7 Å². The zero-order valence-corrected chi connectivity index (χ0v) is 17.0. The van der Waals surface area contributed by atoms with Gasteiger partial charge in [0.1, 0.15) is 11.5 Å². The summed E-state index contributed by atoms with van der Waals surface area (Å²) in [5, 5.41) is 3.88. The van der Waals surface area contributed by atoms with E-state index in [2.05, 4.69) is 10.3 Å². The average molecular weight is 474 g/mol. The van der Waals surface area contributed by atoms with Gasteiger partial charge in [-0.25, -0.2) is 4.99 Å². The van der Waals surface area contributed by atoms with Crippen LogP contribution in [-0.2, 0) is 6.54 Å². The number of fused-ring (bicyclic) bond motifs is 1.